The highest BCUT2D eigenvalue weighted by Crippen LogP contribution is 2.20. The molecule has 0 saturated carbocycles. The molecule has 0 radical (unpaired) electrons. The van der Waals surface area contributed by atoms with Crippen LogP contribution in [0.2, 0.25) is 0 Å². The van der Waals surface area contributed by atoms with Gasteiger partial charge in [-0.25, -0.2) is 4.98 Å². The predicted molar refractivity (Wildman–Crippen MR) is 64.2 cm³/mol. The Labute approximate surface area is 99.7 Å². The van der Waals surface area contributed by atoms with Gasteiger partial charge < -0.3 is 10.1 Å². The van der Waals surface area contributed by atoms with E-state index in [1.165, 1.54) is 0 Å². The Hall–Kier alpha value is -2.11. The molecule has 0 saturated heterocycles. The van der Waals surface area contributed by atoms with Crippen molar-refractivity contribution < 1.29 is 4.74 Å². The molecular weight excluding hydrogens is 218 g/mol. The minimum absolute atomic E-state index is 0.522. The topological polar surface area (TPSA) is 64.9 Å². The fourth-order valence-corrected chi connectivity index (χ4v) is 1.38. The summed E-state index contributed by atoms with van der Waals surface area (Å²) in [6.45, 7) is 2.00. The second kappa shape index (κ2) is 4.82. The molecular formula is C11H15N5O. The molecule has 0 atom stereocenters. The first-order valence-electron chi connectivity index (χ1n) is 5.43. The van der Waals surface area contributed by atoms with E-state index >= 15 is 0 Å². The summed E-state index contributed by atoms with van der Waals surface area (Å²) in [5, 5.41) is 7.01. The van der Waals surface area contributed by atoms with Gasteiger partial charge >= 0.3 is 0 Å². The summed E-state index contributed by atoms with van der Waals surface area (Å²) in [7, 11) is 3.65. The molecule has 2 heterocycles. The number of anilines is 1. The average molecular weight is 233 g/mol. The normalized spacial score (nSPS) is 10.3. The second-order valence-corrected chi connectivity index (χ2v) is 3.56. The van der Waals surface area contributed by atoms with Crippen LogP contribution < -0.4 is 10.1 Å². The quantitative estimate of drug-likeness (QED) is 0.869. The van der Waals surface area contributed by atoms with Gasteiger partial charge in [0.15, 0.2) is 5.75 Å². The molecule has 6 nitrogen and oxygen atoms in total. The molecule has 0 bridgehead atoms. The largest absolute Gasteiger partial charge is 0.436 e. The first-order chi connectivity index (χ1) is 8.21. The molecule has 90 valence electrons. The molecule has 2 aromatic rings. The van der Waals surface area contributed by atoms with Gasteiger partial charge in [-0.3, -0.25) is 4.68 Å². The van der Waals surface area contributed by atoms with E-state index in [0.717, 1.165) is 18.1 Å². The van der Waals surface area contributed by atoms with Crippen molar-refractivity contribution in [2.24, 2.45) is 7.05 Å². The summed E-state index contributed by atoms with van der Waals surface area (Å²) in [5.74, 6) is 2.68. The SMILES string of the molecule is CCc1nc(NC)cc(Oc2cnn(C)c2)n1. The van der Waals surface area contributed by atoms with Crippen molar-refractivity contribution in [1.29, 1.82) is 0 Å². The number of hydrogen-bond donors (Lipinski definition) is 1. The van der Waals surface area contributed by atoms with Crippen LogP contribution in [0.4, 0.5) is 5.82 Å². The third-order valence-electron chi connectivity index (χ3n) is 2.22. The molecule has 0 unspecified atom stereocenters. The molecule has 0 fully saturated rings. The van der Waals surface area contributed by atoms with Crippen molar-refractivity contribution in [3.63, 3.8) is 0 Å². The van der Waals surface area contributed by atoms with Crippen molar-refractivity contribution in [3.8, 4) is 11.6 Å². The van der Waals surface area contributed by atoms with Gasteiger partial charge in [0, 0.05) is 26.6 Å². The lowest BCUT2D eigenvalue weighted by atomic mass is 10.4. The molecule has 0 aliphatic rings. The maximum absolute atomic E-state index is 5.61. The van der Waals surface area contributed by atoms with Crippen LogP contribution in [0.3, 0.4) is 0 Å². The summed E-state index contributed by atoms with van der Waals surface area (Å²) >= 11 is 0. The van der Waals surface area contributed by atoms with E-state index in [-0.39, 0.29) is 0 Å². The summed E-state index contributed by atoms with van der Waals surface area (Å²) in [5.41, 5.74) is 0. The van der Waals surface area contributed by atoms with Crippen LogP contribution in [-0.4, -0.2) is 26.8 Å². The van der Waals surface area contributed by atoms with Crippen molar-refractivity contribution in [3.05, 3.63) is 24.3 Å². The van der Waals surface area contributed by atoms with Crippen molar-refractivity contribution in [2.75, 3.05) is 12.4 Å². The van der Waals surface area contributed by atoms with Crippen LogP contribution >= 0.6 is 0 Å². The van der Waals surface area contributed by atoms with Gasteiger partial charge in [0.25, 0.3) is 0 Å². The van der Waals surface area contributed by atoms with Gasteiger partial charge in [-0.1, -0.05) is 6.92 Å². The molecule has 6 heteroatoms. The first kappa shape index (κ1) is 11.4. The van der Waals surface area contributed by atoms with Gasteiger partial charge in [0.2, 0.25) is 5.88 Å². The van der Waals surface area contributed by atoms with Crippen LogP contribution in [-0.2, 0) is 13.5 Å². The van der Waals surface area contributed by atoms with Crippen LogP contribution in [0.5, 0.6) is 11.6 Å². The molecule has 2 aromatic heterocycles. The summed E-state index contributed by atoms with van der Waals surface area (Å²) in [4.78, 5) is 8.59. The molecule has 0 amide bonds. The van der Waals surface area contributed by atoms with E-state index in [1.807, 2.05) is 21.0 Å². The van der Waals surface area contributed by atoms with E-state index in [4.69, 9.17) is 4.74 Å². The number of nitrogens with zero attached hydrogens (tertiary/aromatic N) is 4. The maximum atomic E-state index is 5.61. The Morgan fingerprint density at radius 2 is 2.24 bits per heavy atom. The van der Waals surface area contributed by atoms with E-state index in [9.17, 15) is 0 Å². The third kappa shape index (κ3) is 2.72. The highest BCUT2D eigenvalue weighted by atomic mass is 16.5. The number of nitrogens with one attached hydrogen (secondary N) is 1. The molecule has 0 spiro atoms. The van der Waals surface area contributed by atoms with E-state index in [1.54, 1.807) is 23.1 Å². The maximum Gasteiger partial charge on any atom is 0.224 e. The Bertz CT molecular complexity index is 486. The number of rotatable bonds is 4. The fraction of sp³-hybridized carbons (Fsp3) is 0.364. The summed E-state index contributed by atoms with van der Waals surface area (Å²) < 4.78 is 7.29. The minimum atomic E-state index is 0.522. The van der Waals surface area contributed by atoms with E-state index < -0.39 is 0 Å². The van der Waals surface area contributed by atoms with E-state index in [2.05, 4.69) is 20.4 Å². The Balaban J connectivity index is 2.25. The Morgan fingerprint density at radius 1 is 1.41 bits per heavy atom. The van der Waals surface area contributed by atoms with Gasteiger partial charge in [-0.05, 0) is 0 Å². The van der Waals surface area contributed by atoms with Gasteiger partial charge in [-0.15, -0.1) is 0 Å². The van der Waals surface area contributed by atoms with Crippen molar-refractivity contribution in [1.82, 2.24) is 19.7 Å². The zero-order valence-electron chi connectivity index (χ0n) is 10.1. The average Bonchev–Trinajstić information content (AvgIpc) is 2.74. The number of aryl methyl sites for hydroxylation is 2. The molecule has 17 heavy (non-hydrogen) atoms. The minimum Gasteiger partial charge on any atom is -0.436 e. The molecule has 0 aliphatic carbocycles. The number of aromatic nitrogens is 4. The van der Waals surface area contributed by atoms with Crippen molar-refractivity contribution >= 4 is 5.82 Å². The molecule has 2 rings (SSSR count). The van der Waals surface area contributed by atoms with Crippen molar-refractivity contribution in [2.45, 2.75) is 13.3 Å². The van der Waals surface area contributed by atoms with Crippen LogP contribution in [0.1, 0.15) is 12.7 Å². The molecule has 0 aliphatic heterocycles. The third-order valence-corrected chi connectivity index (χ3v) is 2.22. The van der Waals surface area contributed by atoms with Crippen LogP contribution in [0.25, 0.3) is 0 Å². The molecule has 1 N–H and O–H groups in total. The highest BCUT2D eigenvalue weighted by molar-refractivity contribution is 5.38. The highest BCUT2D eigenvalue weighted by Gasteiger charge is 2.05. The summed E-state index contributed by atoms with van der Waals surface area (Å²) in [6.07, 6.45) is 4.19. The summed E-state index contributed by atoms with van der Waals surface area (Å²) in [6, 6.07) is 1.76. The van der Waals surface area contributed by atoms with E-state index in [0.29, 0.717) is 11.6 Å². The first-order valence-corrected chi connectivity index (χ1v) is 5.43. The van der Waals surface area contributed by atoms with Crippen LogP contribution in [0, 0.1) is 0 Å². The standard InChI is InChI=1S/C11H15N5O/c1-4-9-14-10(12-2)5-11(15-9)17-8-6-13-16(3)7-8/h5-7H,4H2,1-3H3,(H,12,14,15). The lowest BCUT2D eigenvalue weighted by Crippen LogP contribution is -2.00. The van der Waals surface area contributed by atoms with Gasteiger partial charge in [0.1, 0.15) is 11.6 Å². The zero-order chi connectivity index (χ0) is 12.3. The monoisotopic (exact) mass is 233 g/mol. The lowest BCUT2D eigenvalue weighted by molar-refractivity contribution is 0.458. The fourth-order valence-electron chi connectivity index (χ4n) is 1.38. The zero-order valence-corrected chi connectivity index (χ0v) is 10.1. The predicted octanol–water partition coefficient (Wildman–Crippen LogP) is 1.61. The second-order valence-electron chi connectivity index (χ2n) is 3.56. The smallest absolute Gasteiger partial charge is 0.224 e. The number of hydrogen-bond acceptors (Lipinski definition) is 5. The Morgan fingerprint density at radius 3 is 2.82 bits per heavy atom. The Kier molecular flexibility index (Phi) is 3.22. The van der Waals surface area contributed by atoms with Gasteiger partial charge in [-0.2, -0.15) is 10.1 Å². The number of ether oxygens (including phenoxy) is 1. The van der Waals surface area contributed by atoms with Crippen LogP contribution in [0.15, 0.2) is 18.5 Å². The lowest BCUT2D eigenvalue weighted by Gasteiger charge is -2.06. The van der Waals surface area contributed by atoms with Gasteiger partial charge in [0.05, 0.1) is 12.4 Å². The molecule has 0 aromatic carbocycles.